The van der Waals surface area contributed by atoms with Crippen LogP contribution in [0.4, 0.5) is 0 Å². The molecule has 1 aromatic carbocycles. The molecular weight excluding hydrogens is 404 g/mol. The van der Waals surface area contributed by atoms with Crippen LogP contribution in [0.2, 0.25) is 0 Å². The average Bonchev–Trinajstić information content (AvgIpc) is 2.75. The van der Waals surface area contributed by atoms with Crippen molar-refractivity contribution in [1.82, 2.24) is 0 Å². The second-order valence-corrected chi connectivity index (χ2v) is 8.06. The van der Waals surface area contributed by atoms with Crippen LogP contribution in [0.3, 0.4) is 0 Å². The largest absolute Gasteiger partial charge is 0.508 e. The molecule has 31 heavy (non-hydrogen) atoms. The minimum absolute atomic E-state index is 0.0457. The maximum Gasteiger partial charge on any atom is 0.229 e. The van der Waals surface area contributed by atoms with Gasteiger partial charge in [-0.2, -0.15) is 0 Å². The van der Waals surface area contributed by atoms with E-state index in [0.29, 0.717) is 23.3 Å². The molecule has 0 radical (unpaired) electrons. The molecule has 5 atom stereocenters. The van der Waals surface area contributed by atoms with Crippen molar-refractivity contribution in [3.8, 4) is 11.5 Å². The Morgan fingerprint density at radius 1 is 1.03 bits per heavy atom. The van der Waals surface area contributed by atoms with Crippen molar-refractivity contribution in [1.29, 1.82) is 0 Å². The molecule has 1 saturated heterocycles. The Kier molecular flexibility index (Phi) is 9.49. The molecule has 0 saturated carbocycles. The molecular formula is C23H34O8. The van der Waals surface area contributed by atoms with Gasteiger partial charge >= 0.3 is 0 Å². The van der Waals surface area contributed by atoms with Crippen LogP contribution in [0.5, 0.6) is 11.5 Å². The summed E-state index contributed by atoms with van der Waals surface area (Å²) in [5, 5.41) is 58.7. The fourth-order valence-electron chi connectivity index (χ4n) is 3.27. The quantitative estimate of drug-likeness (QED) is 0.315. The van der Waals surface area contributed by atoms with Gasteiger partial charge in [0.25, 0.3) is 0 Å². The highest BCUT2D eigenvalue weighted by Crippen LogP contribution is 2.32. The van der Waals surface area contributed by atoms with E-state index in [1.54, 1.807) is 19.1 Å². The van der Waals surface area contributed by atoms with E-state index in [1.165, 1.54) is 0 Å². The highest BCUT2D eigenvalue weighted by atomic mass is 16.7. The maximum atomic E-state index is 10.3. The van der Waals surface area contributed by atoms with E-state index in [2.05, 4.69) is 0 Å². The molecule has 0 spiro atoms. The Balaban J connectivity index is 2.17. The molecule has 0 aliphatic carbocycles. The number of phenolic OH excluding ortho intramolecular Hbond substituents is 1. The molecule has 1 aliphatic heterocycles. The Morgan fingerprint density at radius 2 is 1.74 bits per heavy atom. The van der Waals surface area contributed by atoms with Gasteiger partial charge in [0, 0.05) is 5.56 Å². The van der Waals surface area contributed by atoms with E-state index >= 15 is 0 Å². The number of allylic oxidation sites excluding steroid dienone is 3. The maximum absolute atomic E-state index is 10.3. The predicted molar refractivity (Wildman–Crippen MR) is 115 cm³/mol. The normalized spacial score (nSPS) is 27.4. The number of benzene rings is 1. The topological polar surface area (TPSA) is 140 Å². The molecule has 0 bridgehead atoms. The third-order valence-corrected chi connectivity index (χ3v) is 5.42. The molecule has 0 amide bonds. The Hall–Kier alpha value is -1.94. The van der Waals surface area contributed by atoms with Gasteiger partial charge < -0.3 is 40.1 Å². The smallest absolute Gasteiger partial charge is 0.229 e. The first-order valence-corrected chi connectivity index (χ1v) is 10.4. The van der Waals surface area contributed by atoms with E-state index in [9.17, 15) is 25.5 Å². The number of phenols is 1. The van der Waals surface area contributed by atoms with Gasteiger partial charge in [0.1, 0.15) is 35.9 Å². The number of rotatable bonds is 9. The van der Waals surface area contributed by atoms with E-state index in [0.717, 1.165) is 24.0 Å². The van der Waals surface area contributed by atoms with Crippen molar-refractivity contribution < 1.29 is 40.1 Å². The number of aliphatic hydroxyl groups is 5. The zero-order chi connectivity index (χ0) is 23.1. The first kappa shape index (κ1) is 25.3. The van der Waals surface area contributed by atoms with E-state index in [-0.39, 0.29) is 12.4 Å². The summed E-state index contributed by atoms with van der Waals surface area (Å²) >= 11 is 0. The Morgan fingerprint density at radius 3 is 2.39 bits per heavy atom. The molecule has 1 aliphatic rings. The minimum atomic E-state index is -1.53. The van der Waals surface area contributed by atoms with Gasteiger partial charge in [-0.25, -0.2) is 0 Å². The number of hydrogen-bond acceptors (Lipinski definition) is 8. The van der Waals surface area contributed by atoms with Crippen LogP contribution in [0.1, 0.15) is 37.8 Å². The van der Waals surface area contributed by atoms with Crippen LogP contribution in [0.25, 0.3) is 0 Å². The van der Waals surface area contributed by atoms with Crippen LogP contribution < -0.4 is 4.74 Å². The zero-order valence-electron chi connectivity index (χ0n) is 18.2. The summed E-state index contributed by atoms with van der Waals surface area (Å²) in [6, 6.07) is 3.19. The monoisotopic (exact) mass is 438 g/mol. The highest BCUT2D eigenvalue weighted by Gasteiger charge is 2.44. The highest BCUT2D eigenvalue weighted by molar-refractivity contribution is 5.46. The van der Waals surface area contributed by atoms with Crippen molar-refractivity contribution in [2.24, 2.45) is 0 Å². The first-order valence-electron chi connectivity index (χ1n) is 10.4. The second kappa shape index (κ2) is 11.6. The fraction of sp³-hybridized carbons (Fsp3) is 0.565. The summed E-state index contributed by atoms with van der Waals surface area (Å²) in [6.45, 7) is 5.07. The SMILES string of the molecule is C/C(=C/CC/C(C)=C/Cc1cc(O)c(C)cc1O[C@@H]1O[C@@H](CO)[C@H](O)[C@@H](O)[C@H]1O)CO. The van der Waals surface area contributed by atoms with E-state index in [4.69, 9.17) is 14.6 Å². The molecule has 1 heterocycles. The second-order valence-electron chi connectivity index (χ2n) is 8.06. The van der Waals surface area contributed by atoms with Gasteiger partial charge in [0.2, 0.25) is 6.29 Å². The van der Waals surface area contributed by atoms with Crippen LogP contribution in [-0.2, 0) is 11.2 Å². The predicted octanol–water partition coefficient (Wildman–Crippen LogP) is 1.09. The third kappa shape index (κ3) is 6.77. The summed E-state index contributed by atoms with van der Waals surface area (Å²) in [5.41, 5.74) is 3.27. The Labute approximate surface area is 182 Å². The van der Waals surface area contributed by atoms with Gasteiger partial charge in [-0.05, 0) is 57.7 Å². The molecule has 0 aromatic heterocycles. The minimum Gasteiger partial charge on any atom is -0.508 e. The average molecular weight is 439 g/mol. The molecule has 1 fully saturated rings. The number of hydrogen-bond donors (Lipinski definition) is 6. The van der Waals surface area contributed by atoms with Crippen LogP contribution >= 0.6 is 0 Å². The molecule has 2 rings (SSSR count). The summed E-state index contributed by atoms with van der Waals surface area (Å²) in [4.78, 5) is 0. The molecule has 8 heteroatoms. The molecule has 174 valence electrons. The third-order valence-electron chi connectivity index (χ3n) is 5.42. The number of ether oxygens (including phenoxy) is 2. The van der Waals surface area contributed by atoms with Crippen molar-refractivity contribution in [2.45, 2.75) is 70.7 Å². The number of aryl methyl sites for hydroxylation is 1. The van der Waals surface area contributed by atoms with Crippen LogP contribution in [-0.4, -0.2) is 74.6 Å². The van der Waals surface area contributed by atoms with E-state index < -0.39 is 37.3 Å². The van der Waals surface area contributed by atoms with Gasteiger partial charge in [-0.15, -0.1) is 0 Å². The Bertz CT molecular complexity index is 786. The van der Waals surface area contributed by atoms with Crippen molar-refractivity contribution >= 4 is 0 Å². The van der Waals surface area contributed by atoms with Crippen LogP contribution in [0, 0.1) is 6.92 Å². The summed E-state index contributed by atoms with van der Waals surface area (Å²) in [6.07, 6.45) is -0.800. The summed E-state index contributed by atoms with van der Waals surface area (Å²) in [5.74, 6) is 0.461. The lowest BCUT2D eigenvalue weighted by atomic mass is 9.99. The van der Waals surface area contributed by atoms with Gasteiger partial charge in [0.05, 0.1) is 13.2 Å². The molecule has 0 unspecified atom stereocenters. The van der Waals surface area contributed by atoms with Gasteiger partial charge in [-0.1, -0.05) is 23.3 Å². The molecule has 6 N–H and O–H groups in total. The molecule has 1 aromatic rings. The number of aliphatic hydroxyl groups excluding tert-OH is 5. The van der Waals surface area contributed by atoms with Crippen LogP contribution in [0.15, 0.2) is 35.4 Å². The lowest BCUT2D eigenvalue weighted by Gasteiger charge is -2.39. The first-order chi connectivity index (χ1) is 14.7. The zero-order valence-corrected chi connectivity index (χ0v) is 18.2. The number of aromatic hydroxyl groups is 1. The fourth-order valence-corrected chi connectivity index (χ4v) is 3.27. The van der Waals surface area contributed by atoms with Crippen molar-refractivity contribution in [3.05, 3.63) is 46.6 Å². The van der Waals surface area contributed by atoms with E-state index in [1.807, 2.05) is 26.0 Å². The van der Waals surface area contributed by atoms with Crippen molar-refractivity contribution in [2.75, 3.05) is 13.2 Å². The summed E-state index contributed by atoms with van der Waals surface area (Å²) < 4.78 is 11.2. The summed E-state index contributed by atoms with van der Waals surface area (Å²) in [7, 11) is 0. The standard InChI is InChI=1S/C23H34O8/c1-13(5-4-6-14(2)11-24)7-8-16-10-17(26)15(3)9-18(16)30-23-22(29)21(28)20(27)19(12-25)31-23/h6-7,9-10,19-29H,4-5,8,11-12H2,1-3H3/b13-7+,14-6-/t19-,20-,21+,22+,23+/m0/s1. The lowest BCUT2D eigenvalue weighted by Crippen LogP contribution is -2.60. The van der Waals surface area contributed by atoms with Gasteiger partial charge in [0.15, 0.2) is 0 Å². The van der Waals surface area contributed by atoms with Gasteiger partial charge in [-0.3, -0.25) is 0 Å². The lowest BCUT2D eigenvalue weighted by molar-refractivity contribution is -0.277. The van der Waals surface area contributed by atoms with Crippen molar-refractivity contribution in [3.63, 3.8) is 0 Å². The molecule has 8 nitrogen and oxygen atoms in total.